The van der Waals surface area contributed by atoms with E-state index in [9.17, 15) is 9.59 Å². The fourth-order valence-corrected chi connectivity index (χ4v) is 6.43. The number of hydrogen-bond donors (Lipinski definition) is 2. The van der Waals surface area contributed by atoms with Gasteiger partial charge in [-0.05, 0) is 102 Å². The van der Waals surface area contributed by atoms with E-state index in [1.54, 1.807) is 30.5 Å². The zero-order valence-electron chi connectivity index (χ0n) is 22.5. The Labute approximate surface area is 235 Å². The molecule has 4 aromatic carbocycles. The molecule has 0 bridgehead atoms. The molecule has 1 fully saturated rings. The SMILES string of the molecule is N/C=C1\CCCC12CCN(C(=O)c1ccc(NC(=O)c3ccccc3-c3ccccc3)cc1)c1ccccc1C2. The van der Waals surface area contributed by atoms with Crippen molar-refractivity contribution in [3.63, 3.8) is 0 Å². The number of rotatable bonds is 4. The lowest BCUT2D eigenvalue weighted by molar-refractivity contribution is 0.0984. The van der Waals surface area contributed by atoms with E-state index in [2.05, 4.69) is 17.4 Å². The van der Waals surface area contributed by atoms with E-state index in [0.717, 1.165) is 48.9 Å². The van der Waals surface area contributed by atoms with Gasteiger partial charge in [-0.3, -0.25) is 9.59 Å². The highest BCUT2D eigenvalue weighted by Gasteiger charge is 2.41. The minimum absolute atomic E-state index is 0.0318. The molecule has 1 heterocycles. The van der Waals surface area contributed by atoms with E-state index in [4.69, 9.17) is 5.73 Å². The highest BCUT2D eigenvalue weighted by molar-refractivity contribution is 6.09. The molecule has 40 heavy (non-hydrogen) atoms. The van der Waals surface area contributed by atoms with Crippen LogP contribution >= 0.6 is 0 Å². The van der Waals surface area contributed by atoms with Crippen molar-refractivity contribution < 1.29 is 9.59 Å². The van der Waals surface area contributed by atoms with Gasteiger partial charge in [0.1, 0.15) is 0 Å². The summed E-state index contributed by atoms with van der Waals surface area (Å²) in [6, 6.07) is 32.9. The second-order valence-electron chi connectivity index (χ2n) is 10.8. The average molecular weight is 528 g/mol. The van der Waals surface area contributed by atoms with Gasteiger partial charge >= 0.3 is 0 Å². The molecule has 1 aliphatic heterocycles. The number of allylic oxidation sites excluding steroid dienone is 1. The zero-order chi connectivity index (χ0) is 27.5. The number of anilines is 2. The molecule has 3 N–H and O–H groups in total. The van der Waals surface area contributed by atoms with Gasteiger partial charge in [-0.25, -0.2) is 0 Å². The van der Waals surface area contributed by atoms with Crippen molar-refractivity contribution in [1.82, 2.24) is 0 Å². The van der Waals surface area contributed by atoms with Gasteiger partial charge < -0.3 is 16.0 Å². The van der Waals surface area contributed by atoms with Crippen LogP contribution in [0.3, 0.4) is 0 Å². The second kappa shape index (κ2) is 10.9. The number of amides is 2. The first kappa shape index (κ1) is 25.6. The molecule has 5 nitrogen and oxygen atoms in total. The maximum Gasteiger partial charge on any atom is 0.258 e. The first-order valence-corrected chi connectivity index (χ1v) is 13.9. The Morgan fingerprint density at radius 3 is 2.35 bits per heavy atom. The molecule has 2 amide bonds. The molecule has 2 aliphatic rings. The van der Waals surface area contributed by atoms with Gasteiger partial charge in [0.15, 0.2) is 0 Å². The number of nitrogens with zero attached hydrogens (tertiary/aromatic N) is 1. The molecule has 1 spiro atoms. The summed E-state index contributed by atoms with van der Waals surface area (Å²) in [5, 5.41) is 3.00. The summed E-state index contributed by atoms with van der Waals surface area (Å²) in [7, 11) is 0. The van der Waals surface area contributed by atoms with Gasteiger partial charge in [0.2, 0.25) is 0 Å². The number of fused-ring (bicyclic) bond motifs is 1. The normalized spacial score (nSPS) is 19.3. The number of benzene rings is 4. The Morgan fingerprint density at radius 1 is 0.825 bits per heavy atom. The van der Waals surface area contributed by atoms with Crippen molar-refractivity contribution in [1.29, 1.82) is 0 Å². The highest BCUT2D eigenvalue weighted by atomic mass is 16.2. The molecular formula is C35H33N3O2. The van der Waals surface area contributed by atoms with Crippen LogP contribution in [-0.2, 0) is 6.42 Å². The molecule has 0 radical (unpaired) electrons. The third kappa shape index (κ3) is 4.79. The van der Waals surface area contributed by atoms with Gasteiger partial charge in [-0.15, -0.1) is 0 Å². The monoisotopic (exact) mass is 527 g/mol. The van der Waals surface area contributed by atoms with Crippen LogP contribution in [0.2, 0.25) is 0 Å². The predicted octanol–water partition coefficient (Wildman–Crippen LogP) is 7.21. The highest BCUT2D eigenvalue weighted by Crippen LogP contribution is 2.50. The van der Waals surface area contributed by atoms with Crippen molar-refractivity contribution in [2.75, 3.05) is 16.8 Å². The molecular weight excluding hydrogens is 494 g/mol. The number of para-hydroxylation sites is 1. The van der Waals surface area contributed by atoms with Crippen LogP contribution in [0.4, 0.5) is 11.4 Å². The fourth-order valence-electron chi connectivity index (χ4n) is 6.43. The number of carbonyl (C=O) groups is 2. The summed E-state index contributed by atoms with van der Waals surface area (Å²) < 4.78 is 0. The average Bonchev–Trinajstić information content (AvgIpc) is 3.32. The Hall–Kier alpha value is -4.64. The lowest BCUT2D eigenvalue weighted by Crippen LogP contribution is -2.33. The van der Waals surface area contributed by atoms with E-state index in [1.165, 1.54) is 11.1 Å². The zero-order valence-corrected chi connectivity index (χ0v) is 22.5. The van der Waals surface area contributed by atoms with Crippen LogP contribution in [0.25, 0.3) is 11.1 Å². The Balaban J connectivity index is 1.22. The lowest BCUT2D eigenvalue weighted by Gasteiger charge is -2.30. The van der Waals surface area contributed by atoms with E-state index in [0.29, 0.717) is 23.4 Å². The van der Waals surface area contributed by atoms with E-state index in [-0.39, 0.29) is 17.2 Å². The van der Waals surface area contributed by atoms with E-state index >= 15 is 0 Å². The molecule has 200 valence electrons. The molecule has 0 saturated heterocycles. The number of carbonyl (C=O) groups excluding carboxylic acids is 2. The third-order valence-corrected chi connectivity index (χ3v) is 8.50. The summed E-state index contributed by atoms with van der Waals surface area (Å²) in [5.41, 5.74) is 13.3. The number of hydrogen-bond acceptors (Lipinski definition) is 3. The van der Waals surface area contributed by atoms with Crippen molar-refractivity contribution in [3.8, 4) is 11.1 Å². The van der Waals surface area contributed by atoms with Crippen LogP contribution < -0.4 is 16.0 Å². The fraction of sp³-hybridized carbons (Fsp3) is 0.200. The van der Waals surface area contributed by atoms with Crippen LogP contribution in [0.15, 0.2) is 115 Å². The van der Waals surface area contributed by atoms with Crippen LogP contribution in [0.1, 0.15) is 52.0 Å². The van der Waals surface area contributed by atoms with Crippen molar-refractivity contribution in [3.05, 3.63) is 132 Å². The van der Waals surface area contributed by atoms with E-state index < -0.39 is 0 Å². The molecule has 1 saturated carbocycles. The maximum absolute atomic E-state index is 13.8. The minimum atomic E-state index is -0.189. The molecule has 1 atom stereocenters. The molecule has 1 unspecified atom stereocenters. The van der Waals surface area contributed by atoms with E-state index in [1.807, 2.05) is 71.6 Å². The second-order valence-corrected chi connectivity index (χ2v) is 10.8. The van der Waals surface area contributed by atoms with Crippen LogP contribution in [0, 0.1) is 5.41 Å². The Bertz CT molecular complexity index is 1580. The van der Waals surface area contributed by atoms with Crippen LogP contribution in [0.5, 0.6) is 0 Å². The summed E-state index contributed by atoms with van der Waals surface area (Å²) in [6.45, 7) is 0.641. The Morgan fingerprint density at radius 2 is 1.55 bits per heavy atom. The summed E-state index contributed by atoms with van der Waals surface area (Å²) in [4.78, 5) is 29.0. The van der Waals surface area contributed by atoms with Crippen LogP contribution in [-0.4, -0.2) is 18.4 Å². The first-order chi connectivity index (χ1) is 19.6. The van der Waals surface area contributed by atoms with Gasteiger partial charge in [0.05, 0.1) is 0 Å². The van der Waals surface area contributed by atoms with Crippen molar-refractivity contribution >= 4 is 23.2 Å². The molecule has 6 rings (SSSR count). The quantitative estimate of drug-likeness (QED) is 0.294. The van der Waals surface area contributed by atoms with Gasteiger partial charge in [0, 0.05) is 29.0 Å². The lowest BCUT2D eigenvalue weighted by atomic mass is 9.75. The van der Waals surface area contributed by atoms with Crippen molar-refractivity contribution in [2.24, 2.45) is 11.1 Å². The number of nitrogens with one attached hydrogen (secondary N) is 1. The smallest absolute Gasteiger partial charge is 0.258 e. The maximum atomic E-state index is 13.8. The van der Waals surface area contributed by atoms with Crippen molar-refractivity contribution in [2.45, 2.75) is 32.1 Å². The molecule has 1 aliphatic carbocycles. The molecule has 0 aromatic heterocycles. The van der Waals surface area contributed by atoms with Gasteiger partial charge in [-0.1, -0.05) is 66.7 Å². The summed E-state index contributed by atoms with van der Waals surface area (Å²) in [5.74, 6) is -0.223. The van der Waals surface area contributed by atoms with Gasteiger partial charge in [-0.2, -0.15) is 0 Å². The van der Waals surface area contributed by atoms with Gasteiger partial charge in [0.25, 0.3) is 11.8 Å². The Kier molecular flexibility index (Phi) is 6.95. The number of nitrogens with two attached hydrogens (primary N) is 1. The summed E-state index contributed by atoms with van der Waals surface area (Å²) >= 11 is 0. The molecule has 5 heteroatoms. The molecule has 4 aromatic rings. The minimum Gasteiger partial charge on any atom is -0.405 e. The standard InChI is InChI=1S/C35H33N3O2/c36-24-28-12-8-20-35(28)21-22-38(32-15-7-4-11-27(32)23-35)34(40)26-16-18-29(19-17-26)37-33(39)31-14-6-5-13-30(31)25-9-2-1-3-10-25/h1-7,9-11,13-19,24H,8,12,20-23,36H2,(H,37,39)/b28-24+. The summed E-state index contributed by atoms with van der Waals surface area (Å²) in [6.07, 6.45) is 6.89. The largest absolute Gasteiger partial charge is 0.405 e. The topological polar surface area (TPSA) is 75.4 Å². The first-order valence-electron chi connectivity index (χ1n) is 13.9. The predicted molar refractivity (Wildman–Crippen MR) is 161 cm³/mol. The third-order valence-electron chi connectivity index (χ3n) is 8.50.